The van der Waals surface area contributed by atoms with Gasteiger partial charge >= 0.3 is 0 Å². The fourth-order valence-corrected chi connectivity index (χ4v) is 2.30. The maximum absolute atomic E-state index is 5.84. The van der Waals surface area contributed by atoms with Crippen LogP contribution in [0.2, 0.25) is 0 Å². The van der Waals surface area contributed by atoms with Crippen molar-refractivity contribution in [2.24, 2.45) is 16.6 Å². The second-order valence-electron chi connectivity index (χ2n) is 5.42. The summed E-state index contributed by atoms with van der Waals surface area (Å²) in [6, 6.07) is 11.8. The van der Waals surface area contributed by atoms with E-state index in [9.17, 15) is 0 Å². The molecule has 1 aromatic heterocycles. The van der Waals surface area contributed by atoms with Gasteiger partial charge in [0.25, 0.3) is 0 Å². The van der Waals surface area contributed by atoms with Crippen molar-refractivity contribution in [3.63, 3.8) is 0 Å². The number of aliphatic imine (C=N–C) groups is 1. The van der Waals surface area contributed by atoms with E-state index in [-0.39, 0.29) is 0 Å². The number of nitrogens with one attached hydrogen (secondary N) is 1. The molecule has 1 aromatic carbocycles. The highest BCUT2D eigenvalue weighted by atomic mass is 16.5. The fourth-order valence-electron chi connectivity index (χ4n) is 2.30. The van der Waals surface area contributed by atoms with E-state index in [1.165, 1.54) is 19.3 Å². The highest BCUT2D eigenvalue weighted by molar-refractivity contribution is 5.77. The van der Waals surface area contributed by atoms with Gasteiger partial charge < -0.3 is 15.6 Å². The summed E-state index contributed by atoms with van der Waals surface area (Å²) < 4.78 is 5.29. The largest absolute Gasteiger partial charge is 0.370 e. The molecule has 1 aliphatic carbocycles. The quantitative estimate of drug-likeness (QED) is 0.653. The van der Waals surface area contributed by atoms with Gasteiger partial charge in [-0.05, 0) is 18.8 Å². The Bertz CT molecular complexity index is 602. The molecule has 0 amide bonds. The van der Waals surface area contributed by atoms with Gasteiger partial charge in [0.05, 0.1) is 0 Å². The van der Waals surface area contributed by atoms with E-state index in [1.807, 2.05) is 36.4 Å². The van der Waals surface area contributed by atoms with Gasteiger partial charge in [0.2, 0.25) is 0 Å². The van der Waals surface area contributed by atoms with Crippen LogP contribution in [0.4, 0.5) is 0 Å². The van der Waals surface area contributed by atoms with Gasteiger partial charge in [0, 0.05) is 18.2 Å². The molecule has 5 nitrogen and oxygen atoms in total. The first-order chi connectivity index (χ1) is 10.3. The van der Waals surface area contributed by atoms with Gasteiger partial charge in [-0.1, -0.05) is 41.9 Å². The van der Waals surface area contributed by atoms with Crippen molar-refractivity contribution < 1.29 is 4.52 Å². The van der Waals surface area contributed by atoms with Crippen LogP contribution in [0.1, 0.15) is 25.0 Å². The van der Waals surface area contributed by atoms with E-state index in [2.05, 4.69) is 15.5 Å². The average molecular weight is 284 g/mol. The lowest BCUT2D eigenvalue weighted by Gasteiger charge is -2.25. The topological polar surface area (TPSA) is 76.4 Å². The summed E-state index contributed by atoms with van der Waals surface area (Å²) in [7, 11) is 0. The van der Waals surface area contributed by atoms with Gasteiger partial charge in [-0.2, -0.15) is 0 Å². The van der Waals surface area contributed by atoms with E-state index >= 15 is 0 Å². The molecule has 0 aliphatic heterocycles. The van der Waals surface area contributed by atoms with Crippen LogP contribution < -0.4 is 11.1 Å². The minimum Gasteiger partial charge on any atom is -0.370 e. The molecule has 0 atom stereocenters. The number of nitrogens with zero attached hydrogens (tertiary/aromatic N) is 2. The summed E-state index contributed by atoms with van der Waals surface area (Å²) >= 11 is 0. The average Bonchev–Trinajstić information content (AvgIpc) is 2.93. The van der Waals surface area contributed by atoms with Crippen molar-refractivity contribution in [1.82, 2.24) is 10.5 Å². The van der Waals surface area contributed by atoms with Crippen LogP contribution in [0.5, 0.6) is 0 Å². The van der Waals surface area contributed by atoms with Crippen LogP contribution in [0.25, 0.3) is 11.3 Å². The van der Waals surface area contributed by atoms with Crippen molar-refractivity contribution in [3.05, 3.63) is 42.2 Å². The Balaban J connectivity index is 1.54. The number of rotatable bonds is 5. The second-order valence-corrected chi connectivity index (χ2v) is 5.42. The maximum atomic E-state index is 5.84. The van der Waals surface area contributed by atoms with Gasteiger partial charge in [-0.15, -0.1) is 0 Å². The smallest absolute Gasteiger partial charge is 0.189 e. The standard InChI is InChI=1S/C16H20N4O/c17-16(18-10-12-5-4-6-12)19-11-14-9-15(20-21-14)13-7-2-1-3-8-13/h1-3,7-9,12H,4-6,10-11H2,(H3,17,18,19). The Labute approximate surface area is 124 Å². The SMILES string of the molecule is NC(=NCc1cc(-c2ccccc2)no1)NCC1CCC1. The molecule has 3 rings (SSSR count). The second kappa shape index (κ2) is 6.43. The number of aromatic nitrogens is 1. The number of benzene rings is 1. The molecule has 21 heavy (non-hydrogen) atoms. The molecule has 0 bridgehead atoms. The number of hydrogen-bond donors (Lipinski definition) is 2. The monoisotopic (exact) mass is 284 g/mol. The first kappa shape index (κ1) is 13.7. The van der Waals surface area contributed by atoms with Gasteiger partial charge in [0.1, 0.15) is 12.2 Å². The lowest BCUT2D eigenvalue weighted by molar-refractivity contribution is 0.315. The highest BCUT2D eigenvalue weighted by Crippen LogP contribution is 2.25. The predicted molar refractivity (Wildman–Crippen MR) is 82.6 cm³/mol. The maximum Gasteiger partial charge on any atom is 0.189 e. The molecule has 5 heteroatoms. The summed E-state index contributed by atoms with van der Waals surface area (Å²) in [6.45, 7) is 1.32. The van der Waals surface area contributed by atoms with Gasteiger partial charge in [0.15, 0.2) is 11.7 Å². The van der Waals surface area contributed by atoms with Crippen molar-refractivity contribution >= 4 is 5.96 Å². The summed E-state index contributed by atoms with van der Waals surface area (Å²) in [6.07, 6.45) is 3.93. The third-order valence-electron chi connectivity index (χ3n) is 3.83. The molecule has 1 aliphatic rings. The van der Waals surface area contributed by atoms with Crippen LogP contribution >= 0.6 is 0 Å². The summed E-state index contributed by atoms with van der Waals surface area (Å²) in [4.78, 5) is 4.28. The van der Waals surface area contributed by atoms with Crippen molar-refractivity contribution in [2.45, 2.75) is 25.8 Å². The molecule has 0 radical (unpaired) electrons. The normalized spacial score (nSPS) is 15.7. The molecule has 2 aromatic rings. The van der Waals surface area contributed by atoms with Crippen molar-refractivity contribution in [3.8, 4) is 11.3 Å². The van der Waals surface area contributed by atoms with Crippen LogP contribution in [0.15, 0.2) is 45.9 Å². The Morgan fingerprint density at radius 2 is 2.14 bits per heavy atom. The van der Waals surface area contributed by atoms with Crippen LogP contribution in [-0.2, 0) is 6.54 Å². The highest BCUT2D eigenvalue weighted by Gasteiger charge is 2.16. The molecular weight excluding hydrogens is 264 g/mol. The molecule has 0 spiro atoms. The molecule has 0 saturated heterocycles. The third kappa shape index (κ3) is 3.62. The first-order valence-electron chi connectivity index (χ1n) is 7.36. The first-order valence-corrected chi connectivity index (χ1v) is 7.36. The molecule has 0 unspecified atom stereocenters. The van der Waals surface area contributed by atoms with E-state index in [4.69, 9.17) is 10.3 Å². The summed E-state index contributed by atoms with van der Waals surface area (Å²) in [5.41, 5.74) is 7.70. The fraction of sp³-hybridized carbons (Fsp3) is 0.375. The number of nitrogens with two attached hydrogens (primary N) is 1. The summed E-state index contributed by atoms with van der Waals surface area (Å²) in [5.74, 6) is 1.94. The van der Waals surface area contributed by atoms with Crippen molar-refractivity contribution in [1.29, 1.82) is 0 Å². The molecule has 110 valence electrons. The van der Waals surface area contributed by atoms with Crippen LogP contribution in [0, 0.1) is 5.92 Å². The summed E-state index contributed by atoms with van der Waals surface area (Å²) in [5, 5.41) is 7.21. The predicted octanol–water partition coefficient (Wildman–Crippen LogP) is 2.55. The Kier molecular flexibility index (Phi) is 4.19. The van der Waals surface area contributed by atoms with E-state index in [0.717, 1.165) is 23.7 Å². The molecule has 1 heterocycles. The zero-order chi connectivity index (χ0) is 14.5. The Morgan fingerprint density at radius 1 is 1.33 bits per heavy atom. The Morgan fingerprint density at radius 3 is 2.86 bits per heavy atom. The minimum absolute atomic E-state index is 0.406. The molecule has 1 fully saturated rings. The van der Waals surface area contributed by atoms with E-state index in [0.29, 0.717) is 18.3 Å². The Hall–Kier alpha value is -2.30. The number of hydrogen-bond acceptors (Lipinski definition) is 3. The van der Waals surface area contributed by atoms with Gasteiger partial charge in [-0.3, -0.25) is 0 Å². The van der Waals surface area contributed by atoms with Crippen LogP contribution in [-0.4, -0.2) is 17.7 Å². The van der Waals surface area contributed by atoms with Crippen LogP contribution in [0.3, 0.4) is 0 Å². The van der Waals surface area contributed by atoms with E-state index in [1.54, 1.807) is 0 Å². The number of guanidine groups is 1. The van der Waals surface area contributed by atoms with Gasteiger partial charge in [-0.25, -0.2) is 4.99 Å². The lowest BCUT2D eigenvalue weighted by atomic mass is 9.85. The van der Waals surface area contributed by atoms with Crippen molar-refractivity contribution in [2.75, 3.05) is 6.54 Å². The molecular formula is C16H20N4O. The minimum atomic E-state index is 0.406. The third-order valence-corrected chi connectivity index (χ3v) is 3.83. The lowest BCUT2D eigenvalue weighted by Crippen LogP contribution is -2.37. The molecule has 3 N–H and O–H groups in total. The van der Waals surface area contributed by atoms with E-state index < -0.39 is 0 Å². The zero-order valence-corrected chi connectivity index (χ0v) is 12.0. The zero-order valence-electron chi connectivity index (χ0n) is 12.0. The molecule has 1 saturated carbocycles.